The molecule has 6 nitrogen and oxygen atoms in total. The van der Waals surface area contributed by atoms with Crippen LogP contribution in [0.3, 0.4) is 0 Å². The minimum atomic E-state index is -0.228. The fraction of sp³-hybridized carbons (Fsp3) is 0.500. The summed E-state index contributed by atoms with van der Waals surface area (Å²) >= 11 is 0. The Hall–Kier alpha value is -2.08. The Morgan fingerprint density at radius 2 is 2.09 bits per heavy atom. The number of para-hydroxylation sites is 2. The number of amides is 1. The molecular formula is C16H22N4O2. The van der Waals surface area contributed by atoms with E-state index in [-0.39, 0.29) is 6.09 Å². The molecule has 1 aliphatic heterocycles. The Balaban J connectivity index is 1.57. The number of ether oxygens (including phenoxy) is 1. The van der Waals surface area contributed by atoms with Crippen LogP contribution in [0.4, 0.5) is 4.79 Å². The molecule has 6 heteroatoms. The molecule has 3 rings (SSSR count). The highest BCUT2D eigenvalue weighted by molar-refractivity contribution is 5.75. The van der Waals surface area contributed by atoms with E-state index < -0.39 is 0 Å². The van der Waals surface area contributed by atoms with Crippen molar-refractivity contribution >= 4 is 17.1 Å². The lowest BCUT2D eigenvalue weighted by molar-refractivity contribution is 0.109. The number of piperidine rings is 1. The number of hydrogen-bond donors (Lipinski definition) is 1. The minimum Gasteiger partial charge on any atom is -0.453 e. The van der Waals surface area contributed by atoms with Gasteiger partial charge in [-0.05, 0) is 25.0 Å². The van der Waals surface area contributed by atoms with E-state index in [1.165, 1.54) is 7.11 Å². The van der Waals surface area contributed by atoms with Crippen LogP contribution < -0.4 is 5.32 Å². The van der Waals surface area contributed by atoms with Gasteiger partial charge in [0.25, 0.3) is 0 Å². The number of benzene rings is 1. The van der Waals surface area contributed by atoms with Crippen LogP contribution in [-0.4, -0.2) is 46.8 Å². The molecule has 0 atom stereocenters. The standard InChI is InChI=1S/C16H22N4O2/c1-19-14-6-4-3-5-13(14)18-15(19)11-17-12-7-9-20(10-8-12)16(21)22-2/h3-6,12,17H,7-11H2,1-2H3. The fourth-order valence-electron chi connectivity index (χ4n) is 2.98. The van der Waals surface area contributed by atoms with Crippen LogP contribution in [0, 0.1) is 0 Å². The van der Waals surface area contributed by atoms with Crippen LogP contribution in [0.5, 0.6) is 0 Å². The number of methoxy groups -OCH3 is 1. The fourth-order valence-corrected chi connectivity index (χ4v) is 2.98. The van der Waals surface area contributed by atoms with Gasteiger partial charge in [0.2, 0.25) is 0 Å². The van der Waals surface area contributed by atoms with E-state index in [1.807, 2.05) is 25.2 Å². The molecular weight excluding hydrogens is 280 g/mol. The number of rotatable bonds is 3. The Labute approximate surface area is 130 Å². The maximum absolute atomic E-state index is 11.5. The van der Waals surface area contributed by atoms with Gasteiger partial charge in [0.05, 0.1) is 24.7 Å². The summed E-state index contributed by atoms with van der Waals surface area (Å²) in [5.74, 6) is 1.04. The predicted octanol–water partition coefficient (Wildman–Crippen LogP) is 1.89. The van der Waals surface area contributed by atoms with E-state index in [4.69, 9.17) is 4.74 Å². The molecule has 22 heavy (non-hydrogen) atoms. The molecule has 118 valence electrons. The summed E-state index contributed by atoms with van der Waals surface area (Å²) in [6, 6.07) is 8.58. The van der Waals surface area contributed by atoms with E-state index in [9.17, 15) is 4.79 Å². The van der Waals surface area contributed by atoms with Crippen LogP contribution in [0.2, 0.25) is 0 Å². The smallest absolute Gasteiger partial charge is 0.409 e. The molecule has 2 heterocycles. The summed E-state index contributed by atoms with van der Waals surface area (Å²) in [6.45, 7) is 2.23. The number of carbonyl (C=O) groups excluding carboxylic acids is 1. The van der Waals surface area contributed by atoms with Gasteiger partial charge in [-0.15, -0.1) is 0 Å². The number of carbonyl (C=O) groups is 1. The first-order chi connectivity index (χ1) is 10.7. The molecule has 0 bridgehead atoms. The molecule has 1 aliphatic rings. The molecule has 0 saturated carbocycles. The minimum absolute atomic E-state index is 0.228. The van der Waals surface area contributed by atoms with E-state index in [1.54, 1.807) is 4.90 Å². The summed E-state index contributed by atoms with van der Waals surface area (Å²) in [5.41, 5.74) is 2.18. The third-order valence-corrected chi connectivity index (χ3v) is 4.36. The number of imidazole rings is 1. The first-order valence-corrected chi connectivity index (χ1v) is 7.65. The topological polar surface area (TPSA) is 59.4 Å². The number of fused-ring (bicyclic) bond motifs is 1. The lowest BCUT2D eigenvalue weighted by Crippen LogP contribution is -2.44. The van der Waals surface area contributed by atoms with Crippen LogP contribution in [-0.2, 0) is 18.3 Å². The number of hydrogen-bond acceptors (Lipinski definition) is 4. The SMILES string of the molecule is COC(=O)N1CCC(NCc2nc3ccccc3n2C)CC1. The van der Waals surface area contributed by atoms with Gasteiger partial charge in [0.1, 0.15) is 5.82 Å². The van der Waals surface area contributed by atoms with Crippen LogP contribution in [0.25, 0.3) is 11.0 Å². The number of nitrogens with zero attached hydrogens (tertiary/aromatic N) is 3. The molecule has 1 aromatic heterocycles. The normalized spacial score (nSPS) is 16.2. The van der Waals surface area contributed by atoms with Gasteiger partial charge in [-0.1, -0.05) is 12.1 Å². The molecule has 1 amide bonds. The third-order valence-electron chi connectivity index (χ3n) is 4.36. The van der Waals surface area contributed by atoms with Crippen LogP contribution >= 0.6 is 0 Å². The molecule has 1 fully saturated rings. The maximum atomic E-state index is 11.5. The molecule has 1 aromatic carbocycles. The average Bonchev–Trinajstić information content (AvgIpc) is 2.89. The Morgan fingerprint density at radius 3 is 2.77 bits per heavy atom. The van der Waals surface area contributed by atoms with Gasteiger partial charge in [-0.3, -0.25) is 0 Å². The second kappa shape index (κ2) is 6.36. The molecule has 0 spiro atoms. The van der Waals surface area contributed by atoms with Crippen molar-refractivity contribution in [2.45, 2.75) is 25.4 Å². The number of aryl methyl sites for hydroxylation is 1. The van der Waals surface area contributed by atoms with Crippen molar-refractivity contribution in [1.82, 2.24) is 19.8 Å². The number of likely N-dealkylation sites (tertiary alicyclic amines) is 1. The highest BCUT2D eigenvalue weighted by Crippen LogP contribution is 2.15. The highest BCUT2D eigenvalue weighted by Gasteiger charge is 2.23. The van der Waals surface area contributed by atoms with E-state index in [0.717, 1.165) is 49.3 Å². The summed E-state index contributed by atoms with van der Waals surface area (Å²) < 4.78 is 6.89. The quantitative estimate of drug-likeness (QED) is 0.940. The Bertz CT molecular complexity index is 659. The van der Waals surface area contributed by atoms with E-state index in [2.05, 4.69) is 20.9 Å². The molecule has 1 N–H and O–H groups in total. The average molecular weight is 302 g/mol. The van der Waals surface area contributed by atoms with Crippen molar-refractivity contribution in [3.05, 3.63) is 30.1 Å². The Kier molecular flexibility index (Phi) is 4.29. The number of nitrogens with one attached hydrogen (secondary N) is 1. The lowest BCUT2D eigenvalue weighted by Gasteiger charge is -2.31. The van der Waals surface area contributed by atoms with Gasteiger partial charge < -0.3 is 19.5 Å². The van der Waals surface area contributed by atoms with Gasteiger partial charge in [-0.25, -0.2) is 9.78 Å². The van der Waals surface area contributed by atoms with Gasteiger partial charge in [-0.2, -0.15) is 0 Å². The van der Waals surface area contributed by atoms with Crippen molar-refractivity contribution in [3.63, 3.8) is 0 Å². The third kappa shape index (κ3) is 2.92. The molecule has 2 aromatic rings. The summed E-state index contributed by atoms with van der Waals surface area (Å²) in [6.07, 6.45) is 1.66. The monoisotopic (exact) mass is 302 g/mol. The van der Waals surface area contributed by atoms with Crippen molar-refractivity contribution in [3.8, 4) is 0 Å². The van der Waals surface area contributed by atoms with Crippen LogP contribution in [0.1, 0.15) is 18.7 Å². The zero-order chi connectivity index (χ0) is 15.5. The second-order valence-electron chi connectivity index (χ2n) is 5.69. The lowest BCUT2D eigenvalue weighted by atomic mass is 10.1. The largest absolute Gasteiger partial charge is 0.453 e. The van der Waals surface area contributed by atoms with Gasteiger partial charge in [0.15, 0.2) is 0 Å². The van der Waals surface area contributed by atoms with Crippen molar-refractivity contribution in [2.24, 2.45) is 7.05 Å². The first kappa shape index (κ1) is 14.8. The molecule has 0 radical (unpaired) electrons. The van der Waals surface area contributed by atoms with Crippen molar-refractivity contribution in [1.29, 1.82) is 0 Å². The highest BCUT2D eigenvalue weighted by atomic mass is 16.5. The molecule has 0 unspecified atom stereocenters. The van der Waals surface area contributed by atoms with Gasteiger partial charge >= 0.3 is 6.09 Å². The number of aromatic nitrogens is 2. The van der Waals surface area contributed by atoms with Crippen molar-refractivity contribution in [2.75, 3.05) is 20.2 Å². The van der Waals surface area contributed by atoms with E-state index >= 15 is 0 Å². The summed E-state index contributed by atoms with van der Waals surface area (Å²) in [5, 5.41) is 3.56. The summed E-state index contributed by atoms with van der Waals surface area (Å²) in [7, 11) is 3.48. The van der Waals surface area contributed by atoms with Crippen LogP contribution in [0.15, 0.2) is 24.3 Å². The summed E-state index contributed by atoms with van der Waals surface area (Å²) in [4.78, 5) is 17.9. The zero-order valence-corrected chi connectivity index (χ0v) is 13.1. The molecule has 1 saturated heterocycles. The van der Waals surface area contributed by atoms with Crippen molar-refractivity contribution < 1.29 is 9.53 Å². The maximum Gasteiger partial charge on any atom is 0.409 e. The Morgan fingerprint density at radius 1 is 1.36 bits per heavy atom. The van der Waals surface area contributed by atoms with E-state index in [0.29, 0.717) is 6.04 Å². The predicted molar refractivity (Wildman–Crippen MR) is 84.6 cm³/mol. The molecule has 0 aliphatic carbocycles. The second-order valence-corrected chi connectivity index (χ2v) is 5.69. The zero-order valence-electron chi connectivity index (χ0n) is 13.1. The van der Waals surface area contributed by atoms with Gasteiger partial charge in [0, 0.05) is 26.2 Å². The first-order valence-electron chi connectivity index (χ1n) is 7.65.